The minimum absolute atomic E-state index is 0.0582. The van der Waals surface area contributed by atoms with Gasteiger partial charge in [-0.25, -0.2) is 18.5 Å². The predicted molar refractivity (Wildman–Crippen MR) is 127 cm³/mol. The van der Waals surface area contributed by atoms with Crippen LogP contribution >= 0.6 is 0 Å². The first-order valence-corrected chi connectivity index (χ1v) is 10.8. The molecule has 0 fully saturated rings. The van der Waals surface area contributed by atoms with E-state index in [0.29, 0.717) is 16.5 Å². The zero-order chi connectivity index (χ0) is 25.4. The highest BCUT2D eigenvalue weighted by atomic mass is 19.1. The number of ether oxygens (including phenoxy) is 1. The summed E-state index contributed by atoms with van der Waals surface area (Å²) in [7, 11) is 0. The lowest BCUT2D eigenvalue weighted by atomic mass is 9.94. The van der Waals surface area contributed by atoms with Crippen molar-refractivity contribution in [1.82, 2.24) is 0 Å². The van der Waals surface area contributed by atoms with Crippen LogP contribution in [0.3, 0.4) is 0 Å². The highest BCUT2D eigenvalue weighted by Gasteiger charge is 2.33. The zero-order valence-corrected chi connectivity index (χ0v) is 18.5. The molecular weight excluding hydrogens is 470 g/mol. The fourth-order valence-electron chi connectivity index (χ4n) is 4.01. The summed E-state index contributed by atoms with van der Waals surface area (Å²) in [5.74, 6) is -4.27. The molecule has 0 saturated heterocycles. The molecule has 178 valence electrons. The van der Waals surface area contributed by atoms with Gasteiger partial charge in [-0.05, 0) is 53.9 Å². The number of amides is 3. The fourth-order valence-corrected chi connectivity index (χ4v) is 4.01. The van der Waals surface area contributed by atoms with Crippen LogP contribution in [0.4, 0.5) is 20.2 Å². The van der Waals surface area contributed by atoms with Gasteiger partial charge >= 0.3 is 5.97 Å². The van der Waals surface area contributed by atoms with Crippen LogP contribution in [0.5, 0.6) is 0 Å². The van der Waals surface area contributed by atoms with Gasteiger partial charge in [0.1, 0.15) is 11.6 Å². The molecule has 9 heteroatoms. The Labute approximate surface area is 202 Å². The Hall–Kier alpha value is -4.92. The topological polar surface area (TPSA) is 92.8 Å². The largest absolute Gasteiger partial charge is 0.452 e. The standard InChI is InChI=1S/C27H16F2N2O5/c28-17-9-12-21(29)22(13-17)30-23(32)14-36-27(35)16-7-10-18(11-8-16)31-25(33)19-5-1-3-15-4-2-6-20(24(15)19)26(31)34/h1-13H,14H2,(H,30,32). The van der Waals surface area contributed by atoms with Gasteiger partial charge in [-0.2, -0.15) is 0 Å². The van der Waals surface area contributed by atoms with Crippen molar-refractivity contribution in [2.75, 3.05) is 16.8 Å². The van der Waals surface area contributed by atoms with Crippen LogP contribution in [0.15, 0.2) is 78.9 Å². The van der Waals surface area contributed by atoms with Gasteiger partial charge in [-0.15, -0.1) is 0 Å². The highest BCUT2D eigenvalue weighted by Crippen LogP contribution is 2.32. The Kier molecular flexibility index (Phi) is 5.73. The molecule has 0 spiro atoms. The summed E-state index contributed by atoms with van der Waals surface area (Å²) < 4.78 is 31.8. The molecule has 0 unspecified atom stereocenters. The van der Waals surface area contributed by atoms with E-state index in [2.05, 4.69) is 5.32 Å². The molecule has 4 aromatic rings. The van der Waals surface area contributed by atoms with Crippen molar-refractivity contribution in [2.45, 2.75) is 0 Å². The van der Waals surface area contributed by atoms with Gasteiger partial charge in [0.15, 0.2) is 6.61 Å². The van der Waals surface area contributed by atoms with Crippen molar-refractivity contribution in [3.63, 3.8) is 0 Å². The van der Waals surface area contributed by atoms with E-state index in [0.717, 1.165) is 28.5 Å². The summed E-state index contributed by atoms with van der Waals surface area (Å²) >= 11 is 0. The molecule has 0 aromatic heterocycles. The maximum absolute atomic E-state index is 13.6. The lowest BCUT2D eigenvalue weighted by Gasteiger charge is -2.27. The Balaban J connectivity index is 1.29. The summed E-state index contributed by atoms with van der Waals surface area (Å²) in [5.41, 5.74) is 0.725. The summed E-state index contributed by atoms with van der Waals surface area (Å²) in [6.07, 6.45) is 0. The number of carbonyl (C=O) groups is 4. The summed E-state index contributed by atoms with van der Waals surface area (Å²) in [6.45, 7) is -0.736. The molecule has 4 aromatic carbocycles. The second-order valence-corrected chi connectivity index (χ2v) is 7.95. The quantitative estimate of drug-likeness (QED) is 0.326. The number of hydrogen-bond donors (Lipinski definition) is 1. The maximum Gasteiger partial charge on any atom is 0.338 e. The second kappa shape index (κ2) is 9.03. The first-order chi connectivity index (χ1) is 17.3. The molecule has 3 amide bonds. The molecule has 1 aliphatic heterocycles. The smallest absolute Gasteiger partial charge is 0.338 e. The molecular formula is C27H16F2N2O5. The molecule has 0 saturated carbocycles. The highest BCUT2D eigenvalue weighted by molar-refractivity contribution is 6.35. The van der Waals surface area contributed by atoms with Gasteiger partial charge in [0, 0.05) is 22.6 Å². The number of halogens is 2. The van der Waals surface area contributed by atoms with Crippen molar-refractivity contribution in [2.24, 2.45) is 0 Å². The van der Waals surface area contributed by atoms with Gasteiger partial charge < -0.3 is 10.1 Å². The number of imide groups is 1. The van der Waals surface area contributed by atoms with Crippen LogP contribution in [0.25, 0.3) is 10.8 Å². The molecule has 0 aliphatic carbocycles. The van der Waals surface area contributed by atoms with E-state index >= 15 is 0 Å². The Morgan fingerprint density at radius 2 is 1.47 bits per heavy atom. The summed E-state index contributed by atoms with van der Waals surface area (Å²) in [6, 6.07) is 18.5. The van der Waals surface area contributed by atoms with Gasteiger partial charge in [0.05, 0.1) is 16.9 Å². The average Bonchev–Trinajstić information content (AvgIpc) is 2.88. The normalized spacial score (nSPS) is 12.6. The van der Waals surface area contributed by atoms with E-state index in [-0.39, 0.29) is 16.9 Å². The molecule has 1 N–H and O–H groups in total. The Morgan fingerprint density at radius 1 is 0.833 bits per heavy atom. The van der Waals surface area contributed by atoms with Gasteiger partial charge in [-0.3, -0.25) is 14.4 Å². The van der Waals surface area contributed by atoms with Crippen molar-refractivity contribution in [3.05, 3.63) is 107 Å². The van der Waals surface area contributed by atoms with Crippen molar-refractivity contribution in [3.8, 4) is 0 Å². The van der Waals surface area contributed by atoms with E-state index < -0.39 is 41.9 Å². The third-order valence-electron chi connectivity index (χ3n) is 5.67. The maximum atomic E-state index is 13.6. The predicted octanol–water partition coefficient (Wildman–Crippen LogP) is 4.71. The Bertz CT molecular complexity index is 1520. The van der Waals surface area contributed by atoms with Gasteiger partial charge in [0.2, 0.25) is 0 Å². The molecule has 0 atom stereocenters. The lowest BCUT2D eigenvalue weighted by Crippen LogP contribution is -2.40. The van der Waals surface area contributed by atoms with E-state index in [4.69, 9.17) is 4.74 Å². The average molecular weight is 486 g/mol. The molecule has 36 heavy (non-hydrogen) atoms. The number of rotatable bonds is 5. The van der Waals surface area contributed by atoms with Crippen molar-refractivity contribution < 1.29 is 32.7 Å². The molecule has 1 heterocycles. The number of nitrogens with zero attached hydrogens (tertiary/aromatic N) is 1. The monoisotopic (exact) mass is 486 g/mol. The zero-order valence-electron chi connectivity index (χ0n) is 18.5. The number of anilines is 2. The number of benzene rings is 4. The van der Waals surface area contributed by atoms with Crippen molar-refractivity contribution in [1.29, 1.82) is 0 Å². The number of carbonyl (C=O) groups excluding carboxylic acids is 4. The fraction of sp³-hybridized carbons (Fsp3) is 0.0370. The van der Waals surface area contributed by atoms with E-state index in [9.17, 15) is 28.0 Å². The first-order valence-electron chi connectivity index (χ1n) is 10.8. The van der Waals surface area contributed by atoms with Crippen LogP contribution in [-0.4, -0.2) is 30.3 Å². The molecule has 7 nitrogen and oxygen atoms in total. The molecule has 0 radical (unpaired) electrons. The summed E-state index contributed by atoms with van der Waals surface area (Å²) in [5, 5.41) is 3.51. The van der Waals surface area contributed by atoms with Crippen LogP contribution < -0.4 is 10.2 Å². The minimum atomic E-state index is -0.859. The van der Waals surface area contributed by atoms with E-state index in [1.54, 1.807) is 24.3 Å². The van der Waals surface area contributed by atoms with Crippen LogP contribution in [0.1, 0.15) is 31.1 Å². The van der Waals surface area contributed by atoms with Gasteiger partial charge in [-0.1, -0.05) is 24.3 Å². The van der Waals surface area contributed by atoms with Crippen LogP contribution in [-0.2, 0) is 9.53 Å². The first kappa shape index (κ1) is 22.9. The molecule has 0 bridgehead atoms. The van der Waals surface area contributed by atoms with Gasteiger partial charge in [0.25, 0.3) is 17.7 Å². The third kappa shape index (κ3) is 4.07. The van der Waals surface area contributed by atoms with E-state index in [1.165, 1.54) is 24.3 Å². The summed E-state index contributed by atoms with van der Waals surface area (Å²) in [4.78, 5) is 51.6. The number of esters is 1. The molecule has 5 rings (SSSR count). The number of hydrogen-bond acceptors (Lipinski definition) is 5. The lowest BCUT2D eigenvalue weighted by molar-refractivity contribution is -0.119. The van der Waals surface area contributed by atoms with Crippen LogP contribution in [0.2, 0.25) is 0 Å². The van der Waals surface area contributed by atoms with E-state index in [1.807, 2.05) is 12.1 Å². The van der Waals surface area contributed by atoms with Crippen LogP contribution in [0, 0.1) is 11.6 Å². The molecule has 1 aliphatic rings. The SMILES string of the molecule is O=C(COC(=O)c1ccc(N2C(=O)c3cccc4cccc(c34)C2=O)cc1)Nc1cc(F)ccc1F. The minimum Gasteiger partial charge on any atom is -0.452 e. The number of nitrogens with one attached hydrogen (secondary N) is 1. The third-order valence-corrected chi connectivity index (χ3v) is 5.67. The Morgan fingerprint density at radius 3 is 2.11 bits per heavy atom. The second-order valence-electron chi connectivity index (χ2n) is 7.95. The van der Waals surface area contributed by atoms with Crippen molar-refractivity contribution >= 4 is 45.8 Å².